The van der Waals surface area contributed by atoms with E-state index in [-0.39, 0.29) is 5.97 Å². The number of aromatic carboxylic acids is 1. The first-order chi connectivity index (χ1) is 30.1. The molecule has 2 aromatic carbocycles. The normalized spacial score (nSPS) is 17.5. The molecular weight excluding hydrogens is 769 g/mol. The van der Waals surface area contributed by atoms with E-state index in [2.05, 4.69) is 75.0 Å². The van der Waals surface area contributed by atoms with E-state index in [1.807, 2.05) is 45.3 Å². The summed E-state index contributed by atoms with van der Waals surface area (Å²) in [6.07, 6.45) is 27.7. The van der Waals surface area contributed by atoms with Crippen LogP contribution >= 0.6 is 0 Å². The number of hydrogen-bond donors (Lipinski definition) is 1. The number of nitrogens with zero attached hydrogens (tertiary/aromatic N) is 4. The van der Waals surface area contributed by atoms with Gasteiger partial charge < -0.3 is 19.0 Å². The fourth-order valence-electron chi connectivity index (χ4n) is 10.1. The molecule has 4 aromatic heterocycles. The van der Waals surface area contributed by atoms with Crippen molar-refractivity contribution in [2.75, 3.05) is 0 Å². The van der Waals surface area contributed by atoms with Crippen molar-refractivity contribution in [2.24, 2.45) is 11.8 Å². The van der Waals surface area contributed by atoms with Crippen molar-refractivity contribution in [3.8, 4) is 0 Å². The number of rotatable bonds is 12. The zero-order valence-electron chi connectivity index (χ0n) is 37.1. The largest absolute Gasteiger partial charge is 0.478 e. The summed E-state index contributed by atoms with van der Waals surface area (Å²) >= 11 is 0. The first-order valence-electron chi connectivity index (χ1n) is 23.6. The molecule has 4 fully saturated rings. The number of esters is 1. The third-order valence-corrected chi connectivity index (χ3v) is 13.8. The van der Waals surface area contributed by atoms with E-state index >= 15 is 0 Å². The van der Waals surface area contributed by atoms with Gasteiger partial charge in [-0.05, 0) is 154 Å². The first-order valence-corrected chi connectivity index (χ1v) is 23.6. The summed E-state index contributed by atoms with van der Waals surface area (Å²) in [6.45, 7) is 7.93. The zero-order valence-corrected chi connectivity index (χ0v) is 37.1. The van der Waals surface area contributed by atoms with Crippen LogP contribution in [-0.2, 0) is 30.7 Å². The Balaban J connectivity index is 0.000000159. The molecule has 4 aliphatic rings. The van der Waals surface area contributed by atoms with Gasteiger partial charge in [0, 0.05) is 72.5 Å². The van der Waals surface area contributed by atoms with Crippen LogP contribution in [0.25, 0.3) is 21.8 Å². The highest BCUT2D eigenvalue weighted by Gasteiger charge is 2.29. The number of fused-ring (bicyclic) bond motifs is 2. The average Bonchev–Trinajstić information content (AvgIpc) is 4.21. The van der Waals surface area contributed by atoms with Crippen molar-refractivity contribution in [3.05, 3.63) is 130 Å². The lowest BCUT2D eigenvalue weighted by Crippen LogP contribution is -2.25. The van der Waals surface area contributed by atoms with Gasteiger partial charge in [0.15, 0.2) is 0 Å². The SMILES string of the molecule is CC(C)(C)OC(=O)c1cc(C2CC2)cnc1Cc1cccc2c1ccn2CC1CCCCC1.O=C(O)c1cc(C2CC2)cnc1Cc1cccc2c1ccn2CC1CCCCC1. The molecule has 10 rings (SSSR count). The summed E-state index contributed by atoms with van der Waals surface area (Å²) < 4.78 is 10.6. The molecule has 4 heterocycles. The van der Waals surface area contributed by atoms with Gasteiger partial charge in [-0.2, -0.15) is 0 Å². The van der Waals surface area contributed by atoms with Gasteiger partial charge in [-0.3, -0.25) is 9.97 Å². The van der Waals surface area contributed by atoms with Crippen molar-refractivity contribution < 1.29 is 19.4 Å². The molecule has 0 spiro atoms. The van der Waals surface area contributed by atoms with Crippen LogP contribution in [0.5, 0.6) is 0 Å². The molecular formula is C54H64N4O4. The lowest BCUT2D eigenvalue weighted by molar-refractivity contribution is 0.00675. The van der Waals surface area contributed by atoms with Crippen molar-refractivity contribution in [1.82, 2.24) is 19.1 Å². The van der Waals surface area contributed by atoms with Crippen LogP contribution in [0.1, 0.15) is 177 Å². The standard InChI is InChI=1S/C29H36N2O2.C25H28N2O2/c1-29(2,3)33-28(32)25-16-23(21-12-13-21)18-30-26(25)17-22-10-7-11-27-24(22)14-15-31(27)19-20-8-5-4-6-9-20;28-25(29)22-13-20(18-9-10-18)15-26-23(22)14-19-7-4-8-24-21(19)11-12-27(24)16-17-5-2-1-3-6-17/h7,10-11,14-16,18,20-21H,4-6,8-9,12-13,17,19H2,1-3H3;4,7-8,11-13,15,17-18H,1-3,5-6,9-10,14,16H2,(H,28,29). The fraction of sp³-hybridized carbons (Fsp3) is 0.481. The second-order valence-electron chi connectivity index (χ2n) is 19.9. The van der Waals surface area contributed by atoms with Crippen LogP contribution in [-0.4, -0.2) is 41.7 Å². The molecule has 8 heteroatoms. The molecule has 8 nitrogen and oxygen atoms in total. The lowest BCUT2D eigenvalue weighted by atomic mass is 9.89. The fourth-order valence-corrected chi connectivity index (χ4v) is 10.1. The molecule has 6 aromatic rings. The minimum Gasteiger partial charge on any atom is -0.478 e. The summed E-state index contributed by atoms with van der Waals surface area (Å²) in [4.78, 5) is 34.3. The first kappa shape index (κ1) is 42.1. The van der Waals surface area contributed by atoms with Crippen LogP contribution in [0, 0.1) is 11.8 Å². The van der Waals surface area contributed by atoms with Gasteiger partial charge in [0.2, 0.25) is 0 Å². The van der Waals surface area contributed by atoms with Crippen LogP contribution in [0.3, 0.4) is 0 Å². The summed E-state index contributed by atoms with van der Waals surface area (Å²) in [5.41, 5.74) is 9.05. The van der Waals surface area contributed by atoms with Crippen LogP contribution in [0.2, 0.25) is 0 Å². The van der Waals surface area contributed by atoms with Gasteiger partial charge in [-0.15, -0.1) is 0 Å². The van der Waals surface area contributed by atoms with Gasteiger partial charge in [0.1, 0.15) is 5.60 Å². The second kappa shape index (κ2) is 18.2. The highest BCUT2D eigenvalue weighted by atomic mass is 16.6. The Labute approximate surface area is 367 Å². The third-order valence-electron chi connectivity index (χ3n) is 13.8. The molecule has 0 unspecified atom stereocenters. The van der Waals surface area contributed by atoms with E-state index in [1.165, 1.54) is 104 Å². The smallest absolute Gasteiger partial charge is 0.340 e. The van der Waals surface area contributed by atoms with Crippen molar-refractivity contribution in [2.45, 2.75) is 154 Å². The molecule has 1 N–H and O–H groups in total. The van der Waals surface area contributed by atoms with Crippen LogP contribution < -0.4 is 0 Å². The molecule has 4 aliphatic carbocycles. The maximum absolute atomic E-state index is 13.1. The highest BCUT2D eigenvalue weighted by Crippen LogP contribution is 2.41. The molecule has 0 bridgehead atoms. The minimum atomic E-state index is -0.878. The van der Waals surface area contributed by atoms with Crippen molar-refractivity contribution in [1.29, 1.82) is 0 Å². The summed E-state index contributed by atoms with van der Waals surface area (Å²) in [6, 6.07) is 21.2. The van der Waals surface area contributed by atoms with E-state index in [1.54, 1.807) is 0 Å². The van der Waals surface area contributed by atoms with E-state index in [4.69, 9.17) is 9.72 Å². The van der Waals surface area contributed by atoms with Crippen molar-refractivity contribution in [3.63, 3.8) is 0 Å². The Morgan fingerprint density at radius 2 is 1.08 bits per heavy atom. The van der Waals surface area contributed by atoms with Crippen LogP contribution in [0.15, 0.2) is 85.5 Å². The molecule has 62 heavy (non-hydrogen) atoms. The highest BCUT2D eigenvalue weighted by molar-refractivity contribution is 5.92. The second-order valence-corrected chi connectivity index (χ2v) is 19.9. The number of hydrogen-bond acceptors (Lipinski definition) is 5. The Morgan fingerprint density at radius 3 is 1.52 bits per heavy atom. The Bertz CT molecular complexity index is 2540. The molecule has 0 aliphatic heterocycles. The van der Waals surface area contributed by atoms with E-state index in [0.717, 1.165) is 60.2 Å². The Kier molecular flexibility index (Phi) is 12.4. The summed E-state index contributed by atoms with van der Waals surface area (Å²) in [5, 5.41) is 12.2. The maximum Gasteiger partial charge on any atom is 0.340 e. The molecule has 4 saturated carbocycles. The number of carbonyl (C=O) groups excluding carboxylic acids is 1. The molecule has 0 saturated heterocycles. The molecule has 0 radical (unpaired) electrons. The number of benzene rings is 2. The average molecular weight is 833 g/mol. The van der Waals surface area contributed by atoms with E-state index in [9.17, 15) is 14.7 Å². The maximum atomic E-state index is 13.1. The summed E-state index contributed by atoms with van der Waals surface area (Å²) in [7, 11) is 0. The quantitative estimate of drug-likeness (QED) is 0.123. The third kappa shape index (κ3) is 10.0. The lowest BCUT2D eigenvalue weighted by Gasteiger charge is -2.22. The predicted molar refractivity (Wildman–Crippen MR) is 247 cm³/mol. The van der Waals surface area contributed by atoms with Crippen LogP contribution in [0.4, 0.5) is 0 Å². The Morgan fingerprint density at radius 1 is 0.629 bits per heavy atom. The van der Waals surface area contributed by atoms with Gasteiger partial charge >= 0.3 is 11.9 Å². The summed E-state index contributed by atoms with van der Waals surface area (Å²) in [5.74, 6) is 1.47. The topological polar surface area (TPSA) is 99.2 Å². The molecule has 0 amide bonds. The van der Waals surface area contributed by atoms with E-state index < -0.39 is 11.6 Å². The number of ether oxygens (including phenoxy) is 1. The number of aromatic nitrogens is 4. The minimum absolute atomic E-state index is 0.269. The number of carboxylic acid groups (broad SMARTS) is 1. The van der Waals surface area contributed by atoms with Crippen molar-refractivity contribution >= 4 is 33.7 Å². The van der Waals surface area contributed by atoms with Gasteiger partial charge in [0.05, 0.1) is 22.5 Å². The van der Waals surface area contributed by atoms with Gasteiger partial charge in [0.25, 0.3) is 0 Å². The van der Waals surface area contributed by atoms with E-state index in [0.29, 0.717) is 41.5 Å². The molecule has 324 valence electrons. The number of carbonyl (C=O) groups is 2. The van der Waals surface area contributed by atoms with Gasteiger partial charge in [-0.1, -0.05) is 62.8 Å². The monoisotopic (exact) mass is 832 g/mol. The number of pyridine rings is 2. The molecule has 0 atom stereocenters. The van der Waals surface area contributed by atoms with Gasteiger partial charge in [-0.25, -0.2) is 9.59 Å². The Hall–Kier alpha value is -5.24. The predicted octanol–water partition coefficient (Wildman–Crippen LogP) is 12.8. The zero-order chi connectivity index (χ0) is 42.8. The number of carboxylic acids is 1.